The highest BCUT2D eigenvalue weighted by molar-refractivity contribution is 5.74. The number of aromatic nitrogens is 1. The number of hydrogen-bond acceptors (Lipinski definition) is 4. The van der Waals surface area contributed by atoms with E-state index in [1.807, 2.05) is 0 Å². The molecule has 0 saturated carbocycles. The highest BCUT2D eigenvalue weighted by Crippen LogP contribution is 2.09. The zero-order valence-corrected chi connectivity index (χ0v) is 6.84. The SMILES string of the molecule is NC(C(=O)O)c1ccc(CO)nc1. The van der Waals surface area contributed by atoms with Crippen molar-refractivity contribution < 1.29 is 15.0 Å². The van der Waals surface area contributed by atoms with Gasteiger partial charge < -0.3 is 15.9 Å². The maximum atomic E-state index is 10.5. The molecule has 1 unspecified atom stereocenters. The number of rotatable bonds is 3. The molecule has 13 heavy (non-hydrogen) atoms. The molecule has 70 valence electrons. The Bertz CT molecular complexity index is 297. The summed E-state index contributed by atoms with van der Waals surface area (Å²) in [5.41, 5.74) is 6.24. The molecule has 0 aliphatic carbocycles. The minimum absolute atomic E-state index is 0.164. The highest BCUT2D eigenvalue weighted by atomic mass is 16.4. The quantitative estimate of drug-likeness (QED) is 0.594. The maximum absolute atomic E-state index is 10.5. The van der Waals surface area contributed by atoms with Gasteiger partial charge in [-0.05, 0) is 11.6 Å². The lowest BCUT2D eigenvalue weighted by Gasteiger charge is -2.05. The molecule has 4 N–H and O–H groups in total. The molecule has 5 heteroatoms. The van der Waals surface area contributed by atoms with Gasteiger partial charge in [0.05, 0.1) is 12.3 Å². The average Bonchev–Trinajstić information content (AvgIpc) is 2.17. The average molecular weight is 182 g/mol. The molecule has 0 saturated heterocycles. The van der Waals surface area contributed by atoms with Gasteiger partial charge in [0.25, 0.3) is 0 Å². The summed E-state index contributed by atoms with van der Waals surface area (Å²) in [6.07, 6.45) is 1.35. The highest BCUT2D eigenvalue weighted by Gasteiger charge is 2.13. The number of nitrogens with two attached hydrogens (primary N) is 1. The van der Waals surface area contributed by atoms with E-state index in [0.717, 1.165) is 0 Å². The Morgan fingerprint density at radius 3 is 2.69 bits per heavy atom. The van der Waals surface area contributed by atoms with E-state index < -0.39 is 12.0 Å². The predicted molar refractivity (Wildman–Crippen MR) is 44.7 cm³/mol. The number of carbonyl (C=O) groups is 1. The van der Waals surface area contributed by atoms with Gasteiger partial charge in [-0.1, -0.05) is 6.07 Å². The lowest BCUT2D eigenvalue weighted by atomic mass is 10.1. The molecule has 0 amide bonds. The van der Waals surface area contributed by atoms with Crippen LogP contribution >= 0.6 is 0 Å². The van der Waals surface area contributed by atoms with Crippen LogP contribution in [0.25, 0.3) is 0 Å². The number of pyridine rings is 1. The predicted octanol–water partition coefficient (Wildman–Crippen LogP) is -0.342. The minimum atomic E-state index is -1.10. The summed E-state index contributed by atoms with van der Waals surface area (Å²) in [4.78, 5) is 14.3. The van der Waals surface area contributed by atoms with Gasteiger partial charge in [-0.25, -0.2) is 0 Å². The molecule has 0 fully saturated rings. The Morgan fingerprint density at radius 2 is 2.31 bits per heavy atom. The van der Waals surface area contributed by atoms with Gasteiger partial charge in [0.15, 0.2) is 0 Å². The molecule has 1 aromatic rings. The summed E-state index contributed by atoms with van der Waals surface area (Å²) in [6.45, 7) is -0.164. The van der Waals surface area contributed by atoms with Gasteiger partial charge in [0.1, 0.15) is 6.04 Å². The summed E-state index contributed by atoms with van der Waals surface area (Å²) in [6, 6.07) is 2.02. The Kier molecular flexibility index (Phi) is 2.94. The first kappa shape index (κ1) is 9.63. The fourth-order valence-corrected chi connectivity index (χ4v) is 0.856. The van der Waals surface area contributed by atoms with Crippen LogP contribution in [0.5, 0.6) is 0 Å². The van der Waals surface area contributed by atoms with Crippen molar-refractivity contribution in [3.63, 3.8) is 0 Å². The summed E-state index contributed by atoms with van der Waals surface area (Å²) in [5.74, 6) is -1.10. The molecule has 0 spiro atoms. The van der Waals surface area contributed by atoms with Crippen molar-refractivity contribution in [3.05, 3.63) is 29.6 Å². The third kappa shape index (κ3) is 2.24. The molecule has 1 rings (SSSR count). The Morgan fingerprint density at radius 1 is 1.62 bits per heavy atom. The van der Waals surface area contributed by atoms with Crippen molar-refractivity contribution >= 4 is 5.97 Å². The van der Waals surface area contributed by atoms with Crippen LogP contribution in [0.1, 0.15) is 17.3 Å². The first-order valence-corrected chi connectivity index (χ1v) is 3.69. The van der Waals surface area contributed by atoms with E-state index in [1.165, 1.54) is 18.3 Å². The van der Waals surface area contributed by atoms with Crippen LogP contribution < -0.4 is 5.73 Å². The van der Waals surface area contributed by atoms with E-state index in [4.69, 9.17) is 15.9 Å². The molecule has 0 aliphatic rings. The number of aliphatic carboxylic acids is 1. The molecule has 1 heterocycles. The number of aliphatic hydroxyl groups is 1. The summed E-state index contributed by atoms with van der Waals surface area (Å²) >= 11 is 0. The third-order valence-electron chi connectivity index (χ3n) is 1.63. The van der Waals surface area contributed by atoms with E-state index in [2.05, 4.69) is 4.98 Å². The number of carboxylic acids is 1. The smallest absolute Gasteiger partial charge is 0.325 e. The second-order valence-electron chi connectivity index (χ2n) is 2.56. The lowest BCUT2D eigenvalue weighted by molar-refractivity contribution is -0.138. The van der Waals surface area contributed by atoms with Crippen molar-refractivity contribution in [1.29, 1.82) is 0 Å². The maximum Gasteiger partial charge on any atom is 0.325 e. The number of aliphatic hydroxyl groups excluding tert-OH is 1. The first-order chi connectivity index (χ1) is 6.15. The minimum Gasteiger partial charge on any atom is -0.480 e. The van der Waals surface area contributed by atoms with Gasteiger partial charge in [-0.2, -0.15) is 0 Å². The van der Waals surface area contributed by atoms with Gasteiger partial charge in [0.2, 0.25) is 0 Å². The van der Waals surface area contributed by atoms with Gasteiger partial charge in [0, 0.05) is 6.20 Å². The van der Waals surface area contributed by atoms with Crippen LogP contribution in [0.3, 0.4) is 0 Å². The van der Waals surface area contributed by atoms with E-state index in [1.54, 1.807) is 0 Å². The van der Waals surface area contributed by atoms with Gasteiger partial charge >= 0.3 is 5.97 Å². The Balaban J connectivity index is 2.85. The molecule has 0 aromatic carbocycles. The van der Waals surface area contributed by atoms with E-state index in [-0.39, 0.29) is 6.61 Å². The standard InChI is InChI=1S/C8H10N2O3/c9-7(8(12)13)5-1-2-6(4-11)10-3-5/h1-3,7,11H,4,9H2,(H,12,13). The van der Waals surface area contributed by atoms with Crippen molar-refractivity contribution in [2.75, 3.05) is 0 Å². The second kappa shape index (κ2) is 3.97. The molecule has 0 aliphatic heterocycles. The summed E-state index contributed by atoms with van der Waals surface area (Å²) in [5, 5.41) is 17.2. The molecule has 0 radical (unpaired) electrons. The molecular formula is C8H10N2O3. The summed E-state index contributed by atoms with van der Waals surface area (Å²) < 4.78 is 0. The van der Waals surface area contributed by atoms with Crippen LogP contribution in [0.4, 0.5) is 0 Å². The fourth-order valence-electron chi connectivity index (χ4n) is 0.856. The molecule has 0 bridgehead atoms. The van der Waals surface area contributed by atoms with Crippen molar-refractivity contribution in [1.82, 2.24) is 4.98 Å². The van der Waals surface area contributed by atoms with Crippen molar-refractivity contribution in [3.8, 4) is 0 Å². The van der Waals surface area contributed by atoms with Crippen LogP contribution in [-0.4, -0.2) is 21.2 Å². The fraction of sp³-hybridized carbons (Fsp3) is 0.250. The number of hydrogen-bond donors (Lipinski definition) is 3. The lowest BCUT2D eigenvalue weighted by Crippen LogP contribution is -2.20. The van der Waals surface area contributed by atoms with E-state index in [0.29, 0.717) is 11.3 Å². The van der Waals surface area contributed by atoms with Gasteiger partial charge in [-0.15, -0.1) is 0 Å². The number of nitrogens with zero attached hydrogens (tertiary/aromatic N) is 1. The molecular weight excluding hydrogens is 172 g/mol. The van der Waals surface area contributed by atoms with Crippen LogP contribution in [-0.2, 0) is 11.4 Å². The van der Waals surface area contributed by atoms with Gasteiger partial charge in [-0.3, -0.25) is 9.78 Å². The Hall–Kier alpha value is -1.46. The monoisotopic (exact) mass is 182 g/mol. The van der Waals surface area contributed by atoms with Crippen LogP contribution in [0, 0.1) is 0 Å². The van der Waals surface area contributed by atoms with E-state index >= 15 is 0 Å². The van der Waals surface area contributed by atoms with E-state index in [9.17, 15) is 4.79 Å². The second-order valence-corrected chi connectivity index (χ2v) is 2.56. The zero-order chi connectivity index (χ0) is 9.84. The zero-order valence-electron chi connectivity index (χ0n) is 6.84. The largest absolute Gasteiger partial charge is 0.480 e. The van der Waals surface area contributed by atoms with Crippen molar-refractivity contribution in [2.24, 2.45) is 5.73 Å². The topological polar surface area (TPSA) is 96.4 Å². The normalized spacial score (nSPS) is 12.5. The van der Waals surface area contributed by atoms with Crippen LogP contribution in [0.15, 0.2) is 18.3 Å². The third-order valence-corrected chi connectivity index (χ3v) is 1.63. The Labute approximate surface area is 74.8 Å². The molecule has 1 atom stereocenters. The molecule has 1 aromatic heterocycles. The summed E-state index contributed by atoms with van der Waals surface area (Å²) in [7, 11) is 0. The molecule has 5 nitrogen and oxygen atoms in total. The van der Waals surface area contributed by atoms with Crippen molar-refractivity contribution in [2.45, 2.75) is 12.6 Å². The first-order valence-electron chi connectivity index (χ1n) is 3.69. The van der Waals surface area contributed by atoms with Crippen LogP contribution in [0.2, 0.25) is 0 Å². The number of carboxylic acid groups (broad SMARTS) is 1.